The number of nitrogens with zero attached hydrogens (tertiary/aromatic N) is 1. The molecule has 0 atom stereocenters. The zero-order valence-corrected chi connectivity index (χ0v) is 9.50. The highest BCUT2D eigenvalue weighted by Crippen LogP contribution is 2.18. The Morgan fingerprint density at radius 1 is 1.25 bits per heavy atom. The Balaban J connectivity index is 1.83. The van der Waals surface area contributed by atoms with Gasteiger partial charge in [0.15, 0.2) is 0 Å². The van der Waals surface area contributed by atoms with Gasteiger partial charge in [0.2, 0.25) is 0 Å². The fourth-order valence-corrected chi connectivity index (χ4v) is 2.20. The van der Waals surface area contributed by atoms with Crippen LogP contribution >= 0.6 is 0 Å². The Hall–Kier alpha value is -0.940. The van der Waals surface area contributed by atoms with Crippen LogP contribution < -0.4 is 5.32 Å². The number of hydrogen-bond donors (Lipinski definition) is 4. The first kappa shape index (κ1) is 11.5. The molecule has 0 aliphatic carbocycles. The average Bonchev–Trinajstić information content (AvgIpc) is 2.26. The number of aliphatic hydroxyl groups excluding tert-OH is 1. The number of likely N-dealkylation sites (tertiary alicyclic amines) is 1. The third-order valence-corrected chi connectivity index (χ3v) is 3.63. The van der Waals surface area contributed by atoms with Crippen molar-refractivity contribution in [2.45, 2.75) is 12.8 Å². The van der Waals surface area contributed by atoms with E-state index < -0.39 is 0 Å². The summed E-state index contributed by atoms with van der Waals surface area (Å²) in [5.74, 6) is 1.02. The zero-order chi connectivity index (χ0) is 11.5. The second-order valence-electron chi connectivity index (χ2n) is 4.73. The first-order chi connectivity index (χ1) is 7.72. The molecule has 90 valence electrons. The monoisotopic (exact) mass is 224 g/mol. The molecule has 2 aliphatic rings. The lowest BCUT2D eigenvalue weighted by Crippen LogP contribution is -2.52. The van der Waals surface area contributed by atoms with Gasteiger partial charge in [-0.25, -0.2) is 0 Å². The molecular formula is C11H20N4O. The van der Waals surface area contributed by atoms with Gasteiger partial charge in [-0.05, 0) is 18.8 Å². The van der Waals surface area contributed by atoms with E-state index in [0.717, 1.165) is 39.0 Å². The molecule has 0 amide bonds. The molecule has 4 N–H and O–H groups in total. The molecule has 2 fully saturated rings. The third kappa shape index (κ3) is 2.25. The topological polar surface area (TPSA) is 83.2 Å². The molecule has 0 aromatic heterocycles. The van der Waals surface area contributed by atoms with Crippen molar-refractivity contribution in [2.75, 3.05) is 32.8 Å². The summed E-state index contributed by atoms with van der Waals surface area (Å²) >= 11 is 0. The number of amidine groups is 1. The van der Waals surface area contributed by atoms with E-state index in [0.29, 0.717) is 17.5 Å². The van der Waals surface area contributed by atoms with Crippen molar-refractivity contribution in [3.8, 4) is 0 Å². The predicted octanol–water partition coefficient (Wildman–Crippen LogP) is -0.0929. The molecule has 2 saturated heterocycles. The van der Waals surface area contributed by atoms with Crippen molar-refractivity contribution in [2.24, 2.45) is 11.8 Å². The second-order valence-corrected chi connectivity index (χ2v) is 4.73. The lowest BCUT2D eigenvalue weighted by atomic mass is 9.93. The van der Waals surface area contributed by atoms with Crippen LogP contribution in [0.15, 0.2) is 0 Å². The van der Waals surface area contributed by atoms with Crippen molar-refractivity contribution >= 4 is 11.5 Å². The van der Waals surface area contributed by atoms with Gasteiger partial charge in [0.05, 0.1) is 5.71 Å². The highest BCUT2D eigenvalue weighted by Gasteiger charge is 2.29. The quantitative estimate of drug-likeness (QED) is 0.399. The summed E-state index contributed by atoms with van der Waals surface area (Å²) in [5, 5.41) is 28.1. The van der Waals surface area contributed by atoms with Crippen LogP contribution in [0.3, 0.4) is 0 Å². The van der Waals surface area contributed by atoms with E-state index in [-0.39, 0.29) is 12.5 Å². The molecule has 2 rings (SSSR count). The summed E-state index contributed by atoms with van der Waals surface area (Å²) < 4.78 is 0. The van der Waals surface area contributed by atoms with E-state index in [2.05, 4.69) is 5.32 Å². The van der Waals surface area contributed by atoms with Crippen LogP contribution in [0.2, 0.25) is 0 Å². The van der Waals surface area contributed by atoms with E-state index in [1.165, 1.54) is 0 Å². The van der Waals surface area contributed by atoms with Gasteiger partial charge in [-0.2, -0.15) is 0 Å². The second kappa shape index (κ2) is 4.93. The maximum Gasteiger partial charge on any atom is 0.142 e. The van der Waals surface area contributed by atoms with Crippen LogP contribution in [-0.2, 0) is 0 Å². The fourth-order valence-electron chi connectivity index (χ4n) is 2.20. The van der Waals surface area contributed by atoms with Crippen molar-refractivity contribution in [1.82, 2.24) is 10.2 Å². The van der Waals surface area contributed by atoms with Gasteiger partial charge in [-0.3, -0.25) is 5.41 Å². The smallest absolute Gasteiger partial charge is 0.142 e. The van der Waals surface area contributed by atoms with E-state index in [1.807, 2.05) is 4.90 Å². The lowest BCUT2D eigenvalue weighted by Gasteiger charge is -2.36. The van der Waals surface area contributed by atoms with Gasteiger partial charge >= 0.3 is 0 Å². The van der Waals surface area contributed by atoms with Crippen LogP contribution in [0.25, 0.3) is 0 Å². The minimum absolute atomic E-state index is 0.239. The summed E-state index contributed by atoms with van der Waals surface area (Å²) in [4.78, 5) is 1.98. The normalized spacial score (nSPS) is 22.9. The van der Waals surface area contributed by atoms with Gasteiger partial charge in [0.25, 0.3) is 0 Å². The predicted molar refractivity (Wildman–Crippen MR) is 63.2 cm³/mol. The Morgan fingerprint density at radius 3 is 2.31 bits per heavy atom. The average molecular weight is 224 g/mol. The molecule has 0 spiro atoms. The molecule has 16 heavy (non-hydrogen) atoms. The molecule has 0 saturated carbocycles. The highest BCUT2D eigenvalue weighted by atomic mass is 16.3. The lowest BCUT2D eigenvalue weighted by molar-refractivity contribution is 0.166. The first-order valence-corrected chi connectivity index (χ1v) is 5.96. The van der Waals surface area contributed by atoms with Gasteiger partial charge in [0.1, 0.15) is 5.84 Å². The van der Waals surface area contributed by atoms with Crippen LogP contribution in [0.4, 0.5) is 0 Å². The number of piperidine rings is 1. The molecule has 0 aromatic rings. The number of rotatable bonds is 3. The number of hydrogen-bond acceptors (Lipinski definition) is 4. The molecule has 5 nitrogen and oxygen atoms in total. The van der Waals surface area contributed by atoms with E-state index in [4.69, 9.17) is 15.9 Å². The summed E-state index contributed by atoms with van der Waals surface area (Å²) in [5.41, 5.74) is 0.473. The summed E-state index contributed by atoms with van der Waals surface area (Å²) in [6.45, 7) is 3.56. The molecule has 0 radical (unpaired) electrons. The van der Waals surface area contributed by atoms with Gasteiger partial charge < -0.3 is 20.7 Å². The molecular weight excluding hydrogens is 204 g/mol. The minimum Gasteiger partial charge on any atom is -0.396 e. The Kier molecular flexibility index (Phi) is 3.56. The Labute approximate surface area is 95.9 Å². The van der Waals surface area contributed by atoms with Crippen molar-refractivity contribution in [3.63, 3.8) is 0 Å². The SMILES string of the molecule is N=C(C(=N)N1CCC(CO)CC1)C1CNC1. The van der Waals surface area contributed by atoms with Crippen LogP contribution in [0.1, 0.15) is 12.8 Å². The van der Waals surface area contributed by atoms with E-state index in [9.17, 15) is 0 Å². The molecule has 0 unspecified atom stereocenters. The van der Waals surface area contributed by atoms with Crippen molar-refractivity contribution in [1.29, 1.82) is 10.8 Å². The van der Waals surface area contributed by atoms with E-state index in [1.54, 1.807) is 0 Å². The molecule has 2 aliphatic heterocycles. The van der Waals surface area contributed by atoms with Gasteiger partial charge in [-0.15, -0.1) is 0 Å². The maximum absolute atomic E-state index is 9.04. The Bertz CT molecular complexity index is 280. The van der Waals surface area contributed by atoms with Gasteiger partial charge in [-0.1, -0.05) is 0 Å². The van der Waals surface area contributed by atoms with Crippen LogP contribution in [-0.4, -0.2) is 54.3 Å². The largest absolute Gasteiger partial charge is 0.396 e. The zero-order valence-electron chi connectivity index (χ0n) is 9.50. The van der Waals surface area contributed by atoms with Crippen LogP contribution in [0.5, 0.6) is 0 Å². The highest BCUT2D eigenvalue weighted by molar-refractivity contribution is 6.39. The number of nitrogens with one attached hydrogen (secondary N) is 3. The Morgan fingerprint density at radius 2 is 1.88 bits per heavy atom. The molecule has 5 heteroatoms. The molecule has 2 heterocycles. The summed E-state index contributed by atoms with van der Waals surface area (Å²) in [7, 11) is 0. The number of aliphatic hydroxyl groups is 1. The maximum atomic E-state index is 9.04. The fraction of sp³-hybridized carbons (Fsp3) is 0.818. The van der Waals surface area contributed by atoms with Crippen LogP contribution in [0, 0.1) is 22.7 Å². The summed E-state index contributed by atoms with van der Waals surface area (Å²) in [6, 6.07) is 0. The molecule has 0 bridgehead atoms. The van der Waals surface area contributed by atoms with Gasteiger partial charge in [0, 0.05) is 38.7 Å². The molecule has 0 aromatic carbocycles. The summed E-state index contributed by atoms with van der Waals surface area (Å²) in [6.07, 6.45) is 1.88. The van der Waals surface area contributed by atoms with Crippen molar-refractivity contribution < 1.29 is 5.11 Å². The first-order valence-electron chi connectivity index (χ1n) is 5.96. The third-order valence-electron chi connectivity index (χ3n) is 3.63. The standard InChI is InChI=1S/C11H20N4O/c12-10(9-5-14-6-9)11(13)15-3-1-8(7-16)2-4-15/h8-9,12-14,16H,1-7H2. The van der Waals surface area contributed by atoms with E-state index >= 15 is 0 Å². The minimum atomic E-state index is 0.239. The van der Waals surface area contributed by atoms with Crippen molar-refractivity contribution in [3.05, 3.63) is 0 Å².